The molecule has 88 valence electrons. The Kier molecular flexibility index (Phi) is 3.34. The first-order valence-corrected chi connectivity index (χ1v) is 5.14. The quantitative estimate of drug-likeness (QED) is 0.806. The van der Waals surface area contributed by atoms with E-state index in [0.717, 1.165) is 5.76 Å². The van der Waals surface area contributed by atoms with Gasteiger partial charge in [-0.05, 0) is 12.1 Å². The molecule has 6 heteroatoms. The first-order valence-electron chi connectivity index (χ1n) is 5.14. The molecule has 2 heterocycles. The van der Waals surface area contributed by atoms with Crippen molar-refractivity contribution in [2.24, 2.45) is 0 Å². The third kappa shape index (κ3) is 3.04. The Bertz CT molecular complexity index is 496. The van der Waals surface area contributed by atoms with Crippen molar-refractivity contribution >= 4 is 11.7 Å². The lowest BCUT2D eigenvalue weighted by atomic mass is 10.3. The van der Waals surface area contributed by atoms with Crippen molar-refractivity contribution in [3.05, 3.63) is 42.2 Å². The minimum absolute atomic E-state index is 0.212. The summed E-state index contributed by atoms with van der Waals surface area (Å²) in [6.07, 6.45) is 4.99. The average Bonchev–Trinajstić information content (AvgIpc) is 2.82. The molecule has 0 unspecified atom stereocenters. The molecule has 0 saturated carbocycles. The summed E-state index contributed by atoms with van der Waals surface area (Å²) in [6, 6.07) is 3.66. The molecule has 0 aromatic carbocycles. The lowest BCUT2D eigenvalue weighted by Crippen LogP contribution is -2.26. The normalized spacial score (nSPS) is 10.1. The number of aromatic nitrogens is 2. The topological polar surface area (TPSA) is 94.0 Å². The lowest BCUT2D eigenvalue weighted by molar-refractivity contribution is 0.0948. The molecule has 2 rings (SSSR count). The van der Waals surface area contributed by atoms with Gasteiger partial charge in [-0.15, -0.1) is 0 Å². The summed E-state index contributed by atoms with van der Waals surface area (Å²) in [6.45, 7) is 0.475. The summed E-state index contributed by atoms with van der Waals surface area (Å²) in [5.74, 6) is 0.754. The van der Waals surface area contributed by atoms with Gasteiger partial charge in [0.15, 0.2) is 0 Å². The Morgan fingerprint density at radius 3 is 3.06 bits per heavy atom. The third-order valence-electron chi connectivity index (χ3n) is 2.12. The second-order valence-corrected chi connectivity index (χ2v) is 3.41. The lowest BCUT2D eigenvalue weighted by Gasteiger charge is -2.03. The largest absolute Gasteiger partial charge is 0.469 e. The van der Waals surface area contributed by atoms with Gasteiger partial charge in [-0.25, -0.2) is 4.98 Å². The van der Waals surface area contributed by atoms with Gasteiger partial charge in [-0.3, -0.25) is 9.78 Å². The Hall–Kier alpha value is -2.37. The Morgan fingerprint density at radius 2 is 2.35 bits per heavy atom. The summed E-state index contributed by atoms with van der Waals surface area (Å²) >= 11 is 0. The van der Waals surface area contributed by atoms with Crippen molar-refractivity contribution in [2.45, 2.75) is 6.42 Å². The van der Waals surface area contributed by atoms with E-state index in [0.29, 0.717) is 13.0 Å². The van der Waals surface area contributed by atoms with E-state index in [1.54, 1.807) is 12.3 Å². The van der Waals surface area contributed by atoms with E-state index < -0.39 is 0 Å². The maximum absolute atomic E-state index is 11.6. The summed E-state index contributed by atoms with van der Waals surface area (Å²) in [5, 5.41) is 2.71. The number of rotatable bonds is 4. The SMILES string of the molecule is Nc1cncc(C(=O)NCCc2ccco2)n1. The fourth-order valence-corrected chi connectivity index (χ4v) is 1.34. The third-order valence-corrected chi connectivity index (χ3v) is 2.12. The second kappa shape index (κ2) is 5.11. The smallest absolute Gasteiger partial charge is 0.271 e. The highest BCUT2D eigenvalue weighted by molar-refractivity contribution is 5.92. The molecule has 3 N–H and O–H groups in total. The molecule has 0 atom stereocenters. The monoisotopic (exact) mass is 232 g/mol. The minimum Gasteiger partial charge on any atom is -0.469 e. The van der Waals surface area contributed by atoms with Crippen LogP contribution in [0.4, 0.5) is 5.82 Å². The molecule has 0 aliphatic rings. The van der Waals surface area contributed by atoms with E-state index in [2.05, 4.69) is 15.3 Å². The van der Waals surface area contributed by atoms with E-state index in [9.17, 15) is 4.79 Å². The average molecular weight is 232 g/mol. The van der Waals surface area contributed by atoms with E-state index in [4.69, 9.17) is 10.2 Å². The maximum atomic E-state index is 11.6. The van der Waals surface area contributed by atoms with Crippen molar-refractivity contribution in [2.75, 3.05) is 12.3 Å². The molecule has 0 spiro atoms. The zero-order valence-electron chi connectivity index (χ0n) is 9.09. The Morgan fingerprint density at radius 1 is 1.47 bits per heavy atom. The van der Waals surface area contributed by atoms with Gasteiger partial charge in [0.25, 0.3) is 5.91 Å². The molecule has 1 amide bonds. The van der Waals surface area contributed by atoms with Crippen molar-refractivity contribution in [3.8, 4) is 0 Å². The molecule has 17 heavy (non-hydrogen) atoms. The van der Waals surface area contributed by atoms with Crippen molar-refractivity contribution in [1.29, 1.82) is 0 Å². The summed E-state index contributed by atoms with van der Waals surface area (Å²) < 4.78 is 5.14. The van der Waals surface area contributed by atoms with Gasteiger partial charge in [-0.1, -0.05) is 0 Å². The van der Waals surface area contributed by atoms with Crippen LogP contribution in [0.1, 0.15) is 16.2 Å². The first kappa shape index (κ1) is 11.1. The molecule has 0 saturated heterocycles. The highest BCUT2D eigenvalue weighted by atomic mass is 16.3. The van der Waals surface area contributed by atoms with Crippen LogP contribution in [0.15, 0.2) is 35.2 Å². The zero-order valence-corrected chi connectivity index (χ0v) is 9.09. The number of amides is 1. The molecule has 2 aromatic rings. The summed E-state index contributed by atoms with van der Waals surface area (Å²) in [7, 11) is 0. The van der Waals surface area contributed by atoms with Crippen LogP contribution in [0.25, 0.3) is 0 Å². The van der Waals surface area contributed by atoms with Gasteiger partial charge in [0.05, 0.1) is 18.7 Å². The van der Waals surface area contributed by atoms with E-state index >= 15 is 0 Å². The number of nitrogens with two attached hydrogens (primary N) is 1. The van der Waals surface area contributed by atoms with Crippen LogP contribution in [-0.4, -0.2) is 22.4 Å². The number of carbonyl (C=O) groups is 1. The van der Waals surface area contributed by atoms with Crippen LogP contribution in [-0.2, 0) is 6.42 Å². The molecule has 0 aliphatic carbocycles. The van der Waals surface area contributed by atoms with E-state index in [-0.39, 0.29) is 17.4 Å². The Balaban J connectivity index is 1.85. The molecule has 0 bridgehead atoms. The number of nitrogens with one attached hydrogen (secondary N) is 1. The molecule has 0 fully saturated rings. The fraction of sp³-hybridized carbons (Fsp3) is 0.182. The molecule has 2 aromatic heterocycles. The van der Waals surface area contributed by atoms with Crippen LogP contribution in [0.3, 0.4) is 0 Å². The highest BCUT2D eigenvalue weighted by Crippen LogP contribution is 2.00. The predicted molar refractivity (Wildman–Crippen MR) is 61.2 cm³/mol. The summed E-state index contributed by atoms with van der Waals surface area (Å²) in [4.78, 5) is 19.3. The number of hydrogen-bond donors (Lipinski definition) is 2. The highest BCUT2D eigenvalue weighted by Gasteiger charge is 2.07. The van der Waals surface area contributed by atoms with Gasteiger partial charge < -0.3 is 15.5 Å². The van der Waals surface area contributed by atoms with Crippen molar-refractivity contribution in [1.82, 2.24) is 15.3 Å². The van der Waals surface area contributed by atoms with E-state index in [1.165, 1.54) is 12.4 Å². The van der Waals surface area contributed by atoms with Crippen LogP contribution < -0.4 is 11.1 Å². The van der Waals surface area contributed by atoms with Crippen molar-refractivity contribution in [3.63, 3.8) is 0 Å². The number of nitrogen functional groups attached to an aromatic ring is 1. The number of carbonyl (C=O) groups excluding carboxylic acids is 1. The van der Waals surface area contributed by atoms with Crippen LogP contribution in [0.2, 0.25) is 0 Å². The number of nitrogens with zero attached hydrogens (tertiary/aromatic N) is 2. The Labute approximate surface area is 97.9 Å². The van der Waals surface area contributed by atoms with Gasteiger partial charge in [0.2, 0.25) is 0 Å². The number of hydrogen-bond acceptors (Lipinski definition) is 5. The van der Waals surface area contributed by atoms with Crippen LogP contribution in [0.5, 0.6) is 0 Å². The number of anilines is 1. The van der Waals surface area contributed by atoms with Gasteiger partial charge >= 0.3 is 0 Å². The van der Waals surface area contributed by atoms with Gasteiger partial charge in [0, 0.05) is 13.0 Å². The first-order chi connectivity index (χ1) is 8.25. The summed E-state index contributed by atoms with van der Waals surface area (Å²) in [5.41, 5.74) is 5.65. The second-order valence-electron chi connectivity index (χ2n) is 3.41. The number of furan rings is 1. The predicted octanol–water partition coefficient (Wildman–Crippen LogP) is 0.624. The van der Waals surface area contributed by atoms with Gasteiger partial charge in [-0.2, -0.15) is 0 Å². The van der Waals surface area contributed by atoms with Crippen molar-refractivity contribution < 1.29 is 9.21 Å². The molecule has 0 aliphatic heterocycles. The molecule has 0 radical (unpaired) electrons. The fourth-order valence-electron chi connectivity index (χ4n) is 1.34. The van der Waals surface area contributed by atoms with Crippen LogP contribution in [0, 0.1) is 0 Å². The minimum atomic E-state index is -0.295. The van der Waals surface area contributed by atoms with Gasteiger partial charge in [0.1, 0.15) is 17.3 Å². The molecular weight excluding hydrogens is 220 g/mol. The molecular formula is C11H12N4O2. The molecule has 6 nitrogen and oxygen atoms in total. The zero-order chi connectivity index (χ0) is 12.1. The maximum Gasteiger partial charge on any atom is 0.271 e. The van der Waals surface area contributed by atoms with Crippen LogP contribution >= 0.6 is 0 Å². The van der Waals surface area contributed by atoms with E-state index in [1.807, 2.05) is 6.07 Å². The standard InChI is InChI=1S/C11H12N4O2/c12-10-7-13-6-9(15-10)11(16)14-4-3-8-2-1-5-17-8/h1-2,5-7H,3-4H2,(H2,12,15)(H,14,16).